The molecule has 1 aromatic carbocycles. The van der Waals surface area contributed by atoms with Crippen molar-refractivity contribution >= 4 is 24.3 Å². The topological polar surface area (TPSA) is 113 Å². The summed E-state index contributed by atoms with van der Waals surface area (Å²) in [7, 11) is 0. The molecule has 0 saturated heterocycles. The van der Waals surface area contributed by atoms with Gasteiger partial charge in [-0.15, -0.1) is 12.4 Å². The van der Waals surface area contributed by atoms with Gasteiger partial charge >= 0.3 is 11.9 Å². The maximum Gasteiger partial charge on any atom is 0.317 e. The lowest BCUT2D eigenvalue weighted by atomic mass is 10.2. The van der Waals surface area contributed by atoms with E-state index in [1.54, 1.807) is 0 Å². The number of carboxylic acid groups (broad SMARTS) is 2. The molecule has 18 heavy (non-hydrogen) atoms. The summed E-state index contributed by atoms with van der Waals surface area (Å²) < 4.78 is 0. The quantitative estimate of drug-likeness (QED) is 0.616. The molecule has 0 unspecified atom stereocenters. The lowest BCUT2D eigenvalue weighted by Crippen LogP contribution is -2.21. The molecular formula is C11H17ClN2O4. The molecule has 0 spiro atoms. The summed E-state index contributed by atoms with van der Waals surface area (Å²) in [6.07, 6.45) is 0. The van der Waals surface area contributed by atoms with Crippen LogP contribution < -0.4 is 11.1 Å². The number of hydrogen-bond donors (Lipinski definition) is 4. The van der Waals surface area contributed by atoms with Crippen molar-refractivity contribution in [1.29, 1.82) is 0 Å². The minimum Gasteiger partial charge on any atom is -0.480 e. The van der Waals surface area contributed by atoms with Crippen LogP contribution in [0, 0.1) is 0 Å². The van der Waals surface area contributed by atoms with Gasteiger partial charge in [0.1, 0.15) is 0 Å². The number of hydrogen-bond acceptors (Lipinski definition) is 4. The van der Waals surface area contributed by atoms with E-state index in [-0.39, 0.29) is 25.5 Å². The van der Waals surface area contributed by atoms with Crippen molar-refractivity contribution in [2.45, 2.75) is 6.54 Å². The monoisotopic (exact) mass is 276 g/mol. The van der Waals surface area contributed by atoms with E-state index >= 15 is 0 Å². The van der Waals surface area contributed by atoms with Gasteiger partial charge in [0, 0.05) is 6.54 Å². The van der Waals surface area contributed by atoms with Crippen molar-refractivity contribution in [3.63, 3.8) is 0 Å². The predicted octanol–water partition coefficient (Wildman–Crippen LogP) is 0.312. The van der Waals surface area contributed by atoms with Crippen LogP contribution >= 0.6 is 12.4 Å². The zero-order chi connectivity index (χ0) is 13.1. The molecule has 0 saturated carbocycles. The zero-order valence-electron chi connectivity index (χ0n) is 9.70. The molecular weight excluding hydrogens is 260 g/mol. The Balaban J connectivity index is 0. The standard InChI is InChI=1S/C9H11NO2.C2H5NO2.ClH/c11-9(12)7-10-6-8-4-2-1-3-5-8;3-1-2(4)5;/h1-5,10H,6-7H2,(H,11,12);1,3H2,(H,4,5);1H. The van der Waals surface area contributed by atoms with Crippen LogP contribution in [0.2, 0.25) is 0 Å². The Morgan fingerprint density at radius 1 is 1.11 bits per heavy atom. The first-order chi connectivity index (χ1) is 8.06. The van der Waals surface area contributed by atoms with E-state index in [1.165, 1.54) is 0 Å². The van der Waals surface area contributed by atoms with Crippen LogP contribution in [0.15, 0.2) is 30.3 Å². The van der Waals surface area contributed by atoms with Gasteiger partial charge < -0.3 is 21.3 Å². The van der Waals surface area contributed by atoms with E-state index in [4.69, 9.17) is 10.2 Å². The van der Waals surface area contributed by atoms with Gasteiger partial charge in [0.2, 0.25) is 0 Å². The van der Waals surface area contributed by atoms with Crippen LogP contribution in [-0.2, 0) is 16.1 Å². The van der Waals surface area contributed by atoms with Gasteiger partial charge in [-0.2, -0.15) is 0 Å². The number of nitrogens with one attached hydrogen (secondary N) is 1. The number of benzene rings is 1. The normalized spacial score (nSPS) is 8.50. The van der Waals surface area contributed by atoms with Crippen LogP contribution in [0.3, 0.4) is 0 Å². The fourth-order valence-corrected chi connectivity index (χ4v) is 0.910. The molecule has 5 N–H and O–H groups in total. The van der Waals surface area contributed by atoms with Crippen molar-refractivity contribution in [3.8, 4) is 0 Å². The third kappa shape index (κ3) is 12.4. The van der Waals surface area contributed by atoms with Gasteiger partial charge in [-0.3, -0.25) is 9.59 Å². The molecule has 7 heteroatoms. The summed E-state index contributed by atoms with van der Waals surface area (Å²) in [5, 5.41) is 18.7. The summed E-state index contributed by atoms with van der Waals surface area (Å²) in [4.78, 5) is 19.4. The fourth-order valence-electron chi connectivity index (χ4n) is 0.910. The Kier molecular flexibility index (Phi) is 12.3. The second-order valence-electron chi connectivity index (χ2n) is 3.08. The molecule has 0 aliphatic rings. The molecule has 0 amide bonds. The molecule has 0 aliphatic heterocycles. The SMILES string of the molecule is Cl.NCC(=O)O.O=C(O)CNCc1ccccc1. The van der Waals surface area contributed by atoms with Crippen LogP contribution in [-0.4, -0.2) is 35.2 Å². The summed E-state index contributed by atoms with van der Waals surface area (Å²) in [5.74, 6) is -1.80. The fraction of sp³-hybridized carbons (Fsp3) is 0.273. The molecule has 0 heterocycles. The first kappa shape index (κ1) is 18.7. The maximum atomic E-state index is 10.1. The van der Waals surface area contributed by atoms with Crippen LogP contribution in [0.25, 0.3) is 0 Å². The van der Waals surface area contributed by atoms with Crippen molar-refractivity contribution in [2.75, 3.05) is 13.1 Å². The lowest BCUT2D eigenvalue weighted by molar-refractivity contribution is -0.136. The lowest BCUT2D eigenvalue weighted by Gasteiger charge is -2.00. The van der Waals surface area contributed by atoms with E-state index < -0.39 is 11.9 Å². The predicted molar refractivity (Wildman–Crippen MR) is 69.7 cm³/mol. The third-order valence-electron chi connectivity index (χ3n) is 1.62. The van der Waals surface area contributed by atoms with Gasteiger partial charge in [-0.1, -0.05) is 30.3 Å². The van der Waals surface area contributed by atoms with E-state index in [9.17, 15) is 9.59 Å². The molecule has 102 valence electrons. The molecule has 1 aromatic rings. The number of carbonyl (C=O) groups is 2. The first-order valence-electron chi connectivity index (χ1n) is 4.94. The van der Waals surface area contributed by atoms with Gasteiger partial charge in [-0.25, -0.2) is 0 Å². The van der Waals surface area contributed by atoms with Crippen molar-refractivity contribution in [1.82, 2.24) is 5.32 Å². The number of rotatable bonds is 5. The number of carboxylic acids is 2. The summed E-state index contributed by atoms with van der Waals surface area (Å²) in [6, 6.07) is 9.69. The molecule has 0 bridgehead atoms. The molecule has 0 radical (unpaired) electrons. The van der Waals surface area contributed by atoms with Gasteiger partial charge in [-0.05, 0) is 5.56 Å². The number of aliphatic carboxylic acids is 2. The van der Waals surface area contributed by atoms with E-state index in [2.05, 4.69) is 11.1 Å². The minimum absolute atomic E-state index is 0. The third-order valence-corrected chi connectivity index (χ3v) is 1.62. The molecule has 0 fully saturated rings. The molecule has 6 nitrogen and oxygen atoms in total. The van der Waals surface area contributed by atoms with Crippen molar-refractivity contribution in [2.24, 2.45) is 5.73 Å². The molecule has 1 rings (SSSR count). The van der Waals surface area contributed by atoms with Crippen LogP contribution in [0.1, 0.15) is 5.56 Å². The first-order valence-corrected chi connectivity index (χ1v) is 4.94. The summed E-state index contributed by atoms with van der Waals surface area (Å²) in [5.41, 5.74) is 5.67. The Labute approximate surface area is 111 Å². The average molecular weight is 277 g/mol. The second-order valence-corrected chi connectivity index (χ2v) is 3.08. The molecule has 0 atom stereocenters. The van der Waals surface area contributed by atoms with E-state index in [1.807, 2.05) is 30.3 Å². The molecule has 0 aromatic heterocycles. The smallest absolute Gasteiger partial charge is 0.317 e. The highest BCUT2D eigenvalue weighted by Crippen LogP contribution is 1.96. The number of halogens is 1. The Bertz CT molecular complexity index is 346. The average Bonchev–Trinajstić information content (AvgIpc) is 2.30. The minimum atomic E-state index is -0.968. The highest BCUT2D eigenvalue weighted by atomic mass is 35.5. The van der Waals surface area contributed by atoms with E-state index in [0.717, 1.165) is 5.56 Å². The van der Waals surface area contributed by atoms with Crippen LogP contribution in [0.4, 0.5) is 0 Å². The Hall–Kier alpha value is -1.63. The Morgan fingerprint density at radius 3 is 2.00 bits per heavy atom. The summed E-state index contributed by atoms with van der Waals surface area (Å²) >= 11 is 0. The van der Waals surface area contributed by atoms with Gasteiger partial charge in [0.15, 0.2) is 0 Å². The van der Waals surface area contributed by atoms with E-state index in [0.29, 0.717) is 6.54 Å². The van der Waals surface area contributed by atoms with Crippen molar-refractivity contribution < 1.29 is 19.8 Å². The zero-order valence-corrected chi connectivity index (χ0v) is 10.5. The largest absolute Gasteiger partial charge is 0.480 e. The van der Waals surface area contributed by atoms with Gasteiger partial charge in [0.25, 0.3) is 0 Å². The highest BCUT2D eigenvalue weighted by Gasteiger charge is 1.94. The maximum absolute atomic E-state index is 10.1. The van der Waals surface area contributed by atoms with Crippen molar-refractivity contribution in [3.05, 3.63) is 35.9 Å². The molecule has 0 aliphatic carbocycles. The summed E-state index contributed by atoms with van der Waals surface area (Å²) in [6.45, 7) is 0.335. The van der Waals surface area contributed by atoms with Crippen LogP contribution in [0.5, 0.6) is 0 Å². The Morgan fingerprint density at radius 2 is 1.61 bits per heavy atom. The number of nitrogens with two attached hydrogens (primary N) is 1. The van der Waals surface area contributed by atoms with Gasteiger partial charge in [0.05, 0.1) is 13.1 Å². The second kappa shape index (κ2) is 11.8. The highest BCUT2D eigenvalue weighted by molar-refractivity contribution is 5.85.